The Hall–Kier alpha value is -1.69. The summed E-state index contributed by atoms with van der Waals surface area (Å²) in [7, 11) is 0. The predicted molar refractivity (Wildman–Crippen MR) is 78.3 cm³/mol. The Morgan fingerprint density at radius 1 is 1.35 bits per heavy atom. The van der Waals surface area contributed by atoms with Crippen molar-refractivity contribution in [2.24, 2.45) is 0 Å². The summed E-state index contributed by atoms with van der Waals surface area (Å²) < 4.78 is 0. The molecule has 5 nitrogen and oxygen atoms in total. The fourth-order valence-corrected chi connectivity index (χ4v) is 3.88. The van der Waals surface area contributed by atoms with Crippen molar-refractivity contribution in [3.63, 3.8) is 0 Å². The zero-order valence-electron chi connectivity index (χ0n) is 10.9. The second-order valence-electron chi connectivity index (χ2n) is 5.07. The Morgan fingerprint density at radius 2 is 2.15 bits per heavy atom. The van der Waals surface area contributed by atoms with Crippen molar-refractivity contribution < 1.29 is 14.7 Å². The molecule has 1 saturated heterocycles. The molecule has 2 atom stereocenters. The van der Waals surface area contributed by atoms with E-state index in [0.29, 0.717) is 12.1 Å². The number of urea groups is 1. The number of carbonyl (C=O) groups is 2. The van der Waals surface area contributed by atoms with Gasteiger partial charge in [-0.15, -0.1) is 0 Å². The van der Waals surface area contributed by atoms with Crippen molar-refractivity contribution in [3.8, 4) is 0 Å². The van der Waals surface area contributed by atoms with Crippen LogP contribution in [0.3, 0.4) is 0 Å². The van der Waals surface area contributed by atoms with E-state index in [-0.39, 0.29) is 12.1 Å². The summed E-state index contributed by atoms with van der Waals surface area (Å²) in [6.45, 7) is 0. The lowest BCUT2D eigenvalue weighted by Crippen LogP contribution is -2.50. The molecule has 2 N–H and O–H groups in total. The molecular weight excluding hydrogens is 276 g/mol. The largest absolute Gasteiger partial charge is 0.480 e. The molecule has 0 aromatic heterocycles. The van der Waals surface area contributed by atoms with Crippen LogP contribution in [0.25, 0.3) is 0 Å². The molecule has 2 aliphatic heterocycles. The van der Waals surface area contributed by atoms with Crippen LogP contribution in [0.2, 0.25) is 0 Å². The number of anilines is 1. The second kappa shape index (κ2) is 5.36. The number of carbonyl (C=O) groups excluding carboxylic acids is 1. The number of fused-ring (bicyclic) bond motifs is 1. The van der Waals surface area contributed by atoms with E-state index in [1.54, 1.807) is 6.07 Å². The second-order valence-corrected chi connectivity index (χ2v) is 6.22. The monoisotopic (exact) mass is 292 g/mol. The fraction of sp³-hybridized carbons (Fsp3) is 0.429. The molecule has 1 aromatic carbocycles. The number of para-hydroxylation sites is 1. The van der Waals surface area contributed by atoms with E-state index in [4.69, 9.17) is 0 Å². The number of carboxylic acids is 1. The molecule has 106 valence electrons. The number of rotatable bonds is 2. The summed E-state index contributed by atoms with van der Waals surface area (Å²) in [5, 5.41) is 12.3. The number of nitrogens with zero attached hydrogens (tertiary/aromatic N) is 1. The van der Waals surface area contributed by atoms with E-state index in [1.165, 1.54) is 4.90 Å². The highest BCUT2D eigenvalue weighted by atomic mass is 32.2. The molecule has 0 radical (unpaired) electrons. The zero-order valence-corrected chi connectivity index (χ0v) is 11.7. The van der Waals surface area contributed by atoms with Crippen LogP contribution in [0.5, 0.6) is 0 Å². The van der Waals surface area contributed by atoms with Crippen LogP contribution in [0.4, 0.5) is 10.5 Å². The van der Waals surface area contributed by atoms with Crippen LogP contribution in [0.1, 0.15) is 12.0 Å². The van der Waals surface area contributed by atoms with Crippen LogP contribution in [-0.2, 0) is 11.2 Å². The topological polar surface area (TPSA) is 69.6 Å². The highest BCUT2D eigenvalue weighted by molar-refractivity contribution is 7.99. The van der Waals surface area contributed by atoms with Crippen molar-refractivity contribution in [1.82, 2.24) is 5.32 Å². The van der Waals surface area contributed by atoms with E-state index in [0.717, 1.165) is 23.5 Å². The Kier molecular flexibility index (Phi) is 3.56. The average molecular weight is 292 g/mol. The van der Waals surface area contributed by atoms with Crippen molar-refractivity contribution in [3.05, 3.63) is 29.8 Å². The maximum atomic E-state index is 12.4. The van der Waals surface area contributed by atoms with Gasteiger partial charge in [0.2, 0.25) is 0 Å². The molecule has 0 bridgehead atoms. The molecule has 2 aliphatic rings. The van der Waals surface area contributed by atoms with Crippen molar-refractivity contribution in [1.29, 1.82) is 0 Å². The first-order chi connectivity index (χ1) is 9.66. The Labute approximate surface area is 121 Å². The SMILES string of the molecule is O=C(O)[C@@H]1Cc2ccccc2N1C(=O)NC1CCSC1. The standard InChI is InChI=1S/C14H16N2O3S/c17-13(18)12-7-9-3-1-2-4-11(9)16(12)14(19)15-10-5-6-20-8-10/h1-4,10,12H,5-8H2,(H,15,19)(H,17,18)/t10?,12-/m0/s1. The van der Waals surface area contributed by atoms with Gasteiger partial charge in [0.05, 0.1) is 0 Å². The molecule has 6 heteroatoms. The van der Waals surface area contributed by atoms with Gasteiger partial charge in [-0.2, -0.15) is 11.8 Å². The summed E-state index contributed by atoms with van der Waals surface area (Å²) in [6.07, 6.45) is 1.32. The van der Waals surface area contributed by atoms with Crippen LogP contribution in [0.15, 0.2) is 24.3 Å². The number of aliphatic carboxylic acids is 1. The summed E-state index contributed by atoms with van der Waals surface area (Å²) in [5.74, 6) is 0.986. The summed E-state index contributed by atoms with van der Waals surface area (Å²) in [4.78, 5) is 25.2. The van der Waals surface area contributed by atoms with E-state index >= 15 is 0 Å². The van der Waals surface area contributed by atoms with Crippen LogP contribution >= 0.6 is 11.8 Å². The number of nitrogens with one attached hydrogen (secondary N) is 1. The summed E-state index contributed by atoms with van der Waals surface area (Å²) in [5.41, 5.74) is 1.62. The average Bonchev–Trinajstić information content (AvgIpc) is 3.04. The van der Waals surface area contributed by atoms with Gasteiger partial charge in [-0.25, -0.2) is 9.59 Å². The van der Waals surface area contributed by atoms with Gasteiger partial charge in [0.25, 0.3) is 0 Å². The first-order valence-electron chi connectivity index (χ1n) is 6.65. The Balaban J connectivity index is 1.84. The number of carboxylic acid groups (broad SMARTS) is 1. The molecule has 2 amide bonds. The van der Waals surface area contributed by atoms with Gasteiger partial charge in [0, 0.05) is 23.9 Å². The number of amides is 2. The molecule has 3 rings (SSSR count). The van der Waals surface area contributed by atoms with Gasteiger partial charge in [0.15, 0.2) is 0 Å². The van der Waals surface area contributed by atoms with E-state index in [2.05, 4.69) is 5.32 Å². The molecule has 2 heterocycles. The predicted octanol–water partition coefficient (Wildman–Crippen LogP) is 1.72. The van der Waals surface area contributed by atoms with Gasteiger partial charge < -0.3 is 10.4 Å². The number of benzene rings is 1. The van der Waals surface area contributed by atoms with Gasteiger partial charge in [-0.1, -0.05) is 18.2 Å². The first kappa shape index (κ1) is 13.3. The maximum Gasteiger partial charge on any atom is 0.327 e. The lowest BCUT2D eigenvalue weighted by atomic mass is 10.1. The minimum Gasteiger partial charge on any atom is -0.480 e. The molecular formula is C14H16N2O3S. The highest BCUT2D eigenvalue weighted by Crippen LogP contribution is 2.32. The van der Waals surface area contributed by atoms with Gasteiger partial charge >= 0.3 is 12.0 Å². The van der Waals surface area contributed by atoms with Gasteiger partial charge in [-0.05, 0) is 23.8 Å². The van der Waals surface area contributed by atoms with Crippen LogP contribution in [0, 0.1) is 0 Å². The molecule has 1 aromatic rings. The van der Waals surface area contributed by atoms with Crippen LogP contribution < -0.4 is 10.2 Å². The Bertz CT molecular complexity index is 543. The van der Waals surface area contributed by atoms with E-state index in [9.17, 15) is 14.7 Å². The molecule has 0 aliphatic carbocycles. The molecule has 20 heavy (non-hydrogen) atoms. The highest BCUT2D eigenvalue weighted by Gasteiger charge is 2.38. The van der Waals surface area contributed by atoms with Crippen molar-refractivity contribution in [2.75, 3.05) is 16.4 Å². The summed E-state index contributed by atoms with van der Waals surface area (Å²) >= 11 is 1.81. The first-order valence-corrected chi connectivity index (χ1v) is 7.80. The lowest BCUT2D eigenvalue weighted by molar-refractivity contribution is -0.138. The van der Waals surface area contributed by atoms with Gasteiger partial charge in [-0.3, -0.25) is 4.90 Å². The molecule has 1 unspecified atom stereocenters. The smallest absolute Gasteiger partial charge is 0.327 e. The minimum absolute atomic E-state index is 0.148. The third-order valence-corrected chi connectivity index (χ3v) is 4.90. The van der Waals surface area contributed by atoms with Crippen LogP contribution in [-0.4, -0.2) is 40.7 Å². The number of hydrogen-bond donors (Lipinski definition) is 2. The molecule has 0 saturated carbocycles. The minimum atomic E-state index is -0.961. The molecule has 1 fully saturated rings. The molecule has 0 spiro atoms. The normalized spacial score (nSPS) is 24.5. The summed E-state index contributed by atoms with van der Waals surface area (Å²) in [6, 6.07) is 6.43. The zero-order chi connectivity index (χ0) is 14.1. The quantitative estimate of drug-likeness (QED) is 0.871. The van der Waals surface area contributed by atoms with Gasteiger partial charge in [0.1, 0.15) is 6.04 Å². The lowest BCUT2D eigenvalue weighted by Gasteiger charge is -2.24. The number of thioether (sulfide) groups is 1. The van der Waals surface area contributed by atoms with Crippen molar-refractivity contribution in [2.45, 2.75) is 24.9 Å². The third kappa shape index (κ3) is 2.35. The van der Waals surface area contributed by atoms with E-state index in [1.807, 2.05) is 30.0 Å². The number of hydrogen-bond acceptors (Lipinski definition) is 3. The van der Waals surface area contributed by atoms with E-state index < -0.39 is 12.0 Å². The third-order valence-electron chi connectivity index (χ3n) is 3.74. The maximum absolute atomic E-state index is 12.4. The van der Waals surface area contributed by atoms with Crippen molar-refractivity contribution >= 4 is 29.4 Å². The fourth-order valence-electron chi connectivity index (χ4n) is 2.73. The Morgan fingerprint density at radius 3 is 2.85 bits per heavy atom.